The molecule has 2 rings (SSSR count). The molecule has 1 aromatic carbocycles. The molecule has 1 saturated heterocycles. The van der Waals surface area contributed by atoms with Crippen LogP contribution in [0.3, 0.4) is 0 Å². The van der Waals surface area contributed by atoms with Crippen LogP contribution >= 0.6 is 0 Å². The van der Waals surface area contributed by atoms with Crippen molar-refractivity contribution in [1.29, 1.82) is 0 Å². The van der Waals surface area contributed by atoms with Crippen LogP contribution in [-0.2, 0) is 11.2 Å². The van der Waals surface area contributed by atoms with Gasteiger partial charge in [-0.25, -0.2) is 0 Å². The van der Waals surface area contributed by atoms with E-state index in [2.05, 4.69) is 24.8 Å². The Bertz CT molecular complexity index is 448. The van der Waals surface area contributed by atoms with Gasteiger partial charge in [0.2, 0.25) is 5.91 Å². The molecular weight excluding hydrogens is 250 g/mol. The molecule has 1 aliphatic rings. The Morgan fingerprint density at radius 1 is 1.30 bits per heavy atom. The van der Waals surface area contributed by atoms with Gasteiger partial charge in [0.05, 0.1) is 7.11 Å². The Morgan fingerprint density at radius 2 is 2.00 bits per heavy atom. The second kappa shape index (κ2) is 6.78. The quantitative estimate of drug-likeness (QED) is 0.842. The molecule has 2 atom stereocenters. The number of carbonyl (C=O) groups is 1. The highest BCUT2D eigenvalue weighted by Gasteiger charge is 2.28. The number of methoxy groups -OCH3 is 1. The van der Waals surface area contributed by atoms with Crippen LogP contribution in [0.25, 0.3) is 0 Å². The van der Waals surface area contributed by atoms with Crippen LogP contribution in [0.1, 0.15) is 45.1 Å². The highest BCUT2D eigenvalue weighted by molar-refractivity contribution is 5.77. The average Bonchev–Trinajstić information content (AvgIpc) is 2.45. The molecule has 3 heteroatoms. The molecule has 0 aromatic heterocycles. The van der Waals surface area contributed by atoms with E-state index in [9.17, 15) is 4.79 Å². The first-order valence-corrected chi connectivity index (χ1v) is 7.56. The topological polar surface area (TPSA) is 29.5 Å². The minimum Gasteiger partial charge on any atom is -0.497 e. The van der Waals surface area contributed by atoms with Crippen molar-refractivity contribution in [3.63, 3.8) is 0 Å². The molecule has 1 aromatic rings. The van der Waals surface area contributed by atoms with Gasteiger partial charge in [-0.15, -0.1) is 0 Å². The third-order valence-electron chi connectivity index (χ3n) is 4.24. The smallest absolute Gasteiger partial charge is 0.223 e. The fourth-order valence-electron chi connectivity index (χ4n) is 3.12. The molecule has 1 heterocycles. The predicted molar refractivity (Wildman–Crippen MR) is 80.9 cm³/mol. The van der Waals surface area contributed by atoms with Crippen LogP contribution in [0.2, 0.25) is 0 Å². The van der Waals surface area contributed by atoms with Crippen molar-refractivity contribution in [2.24, 2.45) is 0 Å². The monoisotopic (exact) mass is 275 g/mol. The number of benzene rings is 1. The van der Waals surface area contributed by atoms with Crippen LogP contribution in [0.4, 0.5) is 0 Å². The molecule has 1 amide bonds. The SMILES string of the molecule is COc1cccc(CCC(=O)N2C(C)CCCC2C)c1. The van der Waals surface area contributed by atoms with Crippen molar-refractivity contribution >= 4 is 5.91 Å². The normalized spacial score (nSPS) is 22.6. The summed E-state index contributed by atoms with van der Waals surface area (Å²) in [7, 11) is 1.67. The minimum atomic E-state index is 0.285. The maximum atomic E-state index is 12.4. The Kier molecular flexibility index (Phi) is 5.05. The number of hydrogen-bond acceptors (Lipinski definition) is 2. The van der Waals surface area contributed by atoms with Gasteiger partial charge in [0.15, 0.2) is 0 Å². The molecular formula is C17H25NO2. The summed E-state index contributed by atoms with van der Waals surface area (Å²) in [6.07, 6.45) is 4.88. The summed E-state index contributed by atoms with van der Waals surface area (Å²) in [4.78, 5) is 14.5. The number of nitrogens with zero attached hydrogens (tertiary/aromatic N) is 1. The standard InChI is InChI=1S/C17H25NO2/c1-13-6-4-7-14(2)18(13)17(19)11-10-15-8-5-9-16(12-15)20-3/h5,8-9,12-14H,4,6-7,10-11H2,1-3H3. The molecule has 0 saturated carbocycles. The molecule has 0 bridgehead atoms. The van der Waals surface area contributed by atoms with E-state index in [1.54, 1.807) is 7.11 Å². The summed E-state index contributed by atoms with van der Waals surface area (Å²) in [5.74, 6) is 1.14. The van der Waals surface area contributed by atoms with E-state index < -0.39 is 0 Å². The summed E-state index contributed by atoms with van der Waals surface area (Å²) in [6.45, 7) is 4.33. The van der Waals surface area contributed by atoms with Crippen molar-refractivity contribution < 1.29 is 9.53 Å². The lowest BCUT2D eigenvalue weighted by molar-refractivity contribution is -0.137. The first kappa shape index (κ1) is 14.9. The fourth-order valence-corrected chi connectivity index (χ4v) is 3.12. The number of hydrogen-bond donors (Lipinski definition) is 0. The number of amides is 1. The number of rotatable bonds is 4. The second-order valence-corrected chi connectivity index (χ2v) is 5.78. The van der Waals surface area contributed by atoms with Crippen molar-refractivity contribution in [2.45, 2.75) is 58.0 Å². The van der Waals surface area contributed by atoms with Gasteiger partial charge in [-0.2, -0.15) is 0 Å². The number of aryl methyl sites for hydroxylation is 1. The van der Waals surface area contributed by atoms with Gasteiger partial charge in [-0.1, -0.05) is 12.1 Å². The molecule has 0 spiro atoms. The van der Waals surface area contributed by atoms with Gasteiger partial charge in [-0.3, -0.25) is 4.79 Å². The Labute approximate surface area is 121 Å². The summed E-state index contributed by atoms with van der Waals surface area (Å²) >= 11 is 0. The molecule has 2 unspecified atom stereocenters. The number of piperidine rings is 1. The first-order chi connectivity index (χ1) is 9.61. The molecule has 0 N–H and O–H groups in total. The highest BCUT2D eigenvalue weighted by Crippen LogP contribution is 2.24. The molecule has 3 nitrogen and oxygen atoms in total. The lowest BCUT2D eigenvalue weighted by Crippen LogP contribution is -2.47. The molecule has 1 aliphatic heterocycles. The fraction of sp³-hybridized carbons (Fsp3) is 0.588. The highest BCUT2D eigenvalue weighted by atomic mass is 16.5. The Hall–Kier alpha value is -1.51. The van der Waals surface area contributed by atoms with E-state index in [1.807, 2.05) is 18.2 Å². The van der Waals surface area contributed by atoms with Crippen LogP contribution in [0.15, 0.2) is 24.3 Å². The maximum Gasteiger partial charge on any atom is 0.223 e. The average molecular weight is 275 g/mol. The van der Waals surface area contributed by atoms with Gasteiger partial charge in [0, 0.05) is 18.5 Å². The second-order valence-electron chi connectivity index (χ2n) is 5.78. The number of ether oxygens (including phenoxy) is 1. The summed E-state index contributed by atoms with van der Waals surface area (Å²) < 4.78 is 5.22. The predicted octanol–water partition coefficient (Wildman–Crippen LogP) is 3.42. The Balaban J connectivity index is 1.94. The zero-order valence-electron chi connectivity index (χ0n) is 12.8. The van der Waals surface area contributed by atoms with Crippen molar-refractivity contribution in [3.8, 4) is 5.75 Å². The zero-order chi connectivity index (χ0) is 14.5. The van der Waals surface area contributed by atoms with Gasteiger partial charge in [0.25, 0.3) is 0 Å². The lowest BCUT2D eigenvalue weighted by atomic mass is 9.96. The van der Waals surface area contributed by atoms with E-state index in [-0.39, 0.29) is 5.91 Å². The zero-order valence-corrected chi connectivity index (χ0v) is 12.8. The van der Waals surface area contributed by atoms with E-state index in [0.717, 1.165) is 30.6 Å². The third kappa shape index (κ3) is 3.53. The van der Waals surface area contributed by atoms with Crippen LogP contribution in [-0.4, -0.2) is 30.0 Å². The van der Waals surface area contributed by atoms with Crippen LogP contribution in [0.5, 0.6) is 5.75 Å². The van der Waals surface area contributed by atoms with Gasteiger partial charge >= 0.3 is 0 Å². The lowest BCUT2D eigenvalue weighted by Gasteiger charge is -2.39. The summed E-state index contributed by atoms with van der Waals surface area (Å²) in [6, 6.07) is 8.74. The Morgan fingerprint density at radius 3 is 2.65 bits per heavy atom. The summed E-state index contributed by atoms with van der Waals surface area (Å²) in [5, 5.41) is 0. The van der Waals surface area contributed by atoms with E-state index >= 15 is 0 Å². The third-order valence-corrected chi connectivity index (χ3v) is 4.24. The van der Waals surface area contributed by atoms with Gasteiger partial charge in [-0.05, 0) is 57.2 Å². The molecule has 0 radical (unpaired) electrons. The largest absolute Gasteiger partial charge is 0.497 e. The van der Waals surface area contributed by atoms with Crippen LogP contribution < -0.4 is 4.74 Å². The maximum absolute atomic E-state index is 12.4. The van der Waals surface area contributed by atoms with E-state index in [4.69, 9.17) is 4.74 Å². The van der Waals surface area contributed by atoms with Gasteiger partial charge in [0.1, 0.15) is 5.75 Å². The number of likely N-dealkylation sites (tertiary alicyclic amines) is 1. The van der Waals surface area contributed by atoms with E-state index in [0.29, 0.717) is 18.5 Å². The first-order valence-electron chi connectivity index (χ1n) is 7.56. The number of carbonyl (C=O) groups excluding carboxylic acids is 1. The molecule has 1 fully saturated rings. The van der Waals surface area contributed by atoms with Crippen molar-refractivity contribution in [3.05, 3.63) is 29.8 Å². The van der Waals surface area contributed by atoms with E-state index in [1.165, 1.54) is 6.42 Å². The minimum absolute atomic E-state index is 0.285. The summed E-state index contributed by atoms with van der Waals surface area (Å²) in [5.41, 5.74) is 1.16. The van der Waals surface area contributed by atoms with Crippen molar-refractivity contribution in [2.75, 3.05) is 7.11 Å². The molecule has 110 valence electrons. The molecule has 20 heavy (non-hydrogen) atoms. The van der Waals surface area contributed by atoms with Crippen LogP contribution in [0, 0.1) is 0 Å². The van der Waals surface area contributed by atoms with Gasteiger partial charge < -0.3 is 9.64 Å². The van der Waals surface area contributed by atoms with Crippen molar-refractivity contribution in [1.82, 2.24) is 4.90 Å². The molecule has 0 aliphatic carbocycles.